The van der Waals surface area contributed by atoms with E-state index < -0.39 is 0 Å². The molecule has 1 heterocycles. The van der Waals surface area contributed by atoms with Crippen molar-refractivity contribution in [2.24, 2.45) is 0 Å². The first kappa shape index (κ1) is 19.1. The number of nitrogens with zero attached hydrogens (tertiary/aromatic N) is 1. The van der Waals surface area contributed by atoms with Crippen LogP contribution in [0.15, 0.2) is 54.6 Å². The molecule has 27 heavy (non-hydrogen) atoms. The van der Waals surface area contributed by atoms with Crippen LogP contribution in [-0.2, 0) is 16.0 Å². The smallest absolute Gasteiger partial charge is 0.251 e. The first-order chi connectivity index (χ1) is 13.2. The van der Waals surface area contributed by atoms with E-state index in [-0.39, 0.29) is 11.8 Å². The predicted octanol–water partition coefficient (Wildman–Crippen LogP) is 3.19. The van der Waals surface area contributed by atoms with Gasteiger partial charge in [-0.15, -0.1) is 0 Å². The highest BCUT2D eigenvalue weighted by atomic mass is 16.5. The fraction of sp³-hybridized carbons (Fsp3) is 0.364. The molecule has 5 heteroatoms. The highest BCUT2D eigenvalue weighted by Crippen LogP contribution is 2.22. The Morgan fingerprint density at radius 1 is 1.07 bits per heavy atom. The second-order valence-corrected chi connectivity index (χ2v) is 6.66. The summed E-state index contributed by atoms with van der Waals surface area (Å²) in [7, 11) is 0. The Hall–Kier alpha value is -2.66. The van der Waals surface area contributed by atoms with Crippen molar-refractivity contribution in [2.75, 3.05) is 31.2 Å². The predicted molar refractivity (Wildman–Crippen MR) is 106 cm³/mol. The molecule has 0 radical (unpaired) electrons. The molecule has 0 spiro atoms. The van der Waals surface area contributed by atoms with Crippen molar-refractivity contribution in [2.45, 2.75) is 25.7 Å². The monoisotopic (exact) mass is 366 g/mol. The van der Waals surface area contributed by atoms with Gasteiger partial charge in [0.15, 0.2) is 0 Å². The first-order valence-electron chi connectivity index (χ1n) is 9.54. The Kier molecular flexibility index (Phi) is 6.99. The van der Waals surface area contributed by atoms with Crippen molar-refractivity contribution < 1.29 is 14.3 Å². The molecule has 0 unspecified atom stereocenters. The third-order valence-electron chi connectivity index (χ3n) is 4.62. The summed E-state index contributed by atoms with van der Waals surface area (Å²) in [6.07, 6.45) is 3.13. The van der Waals surface area contributed by atoms with Crippen LogP contribution in [0.2, 0.25) is 0 Å². The molecule has 0 saturated carbocycles. The van der Waals surface area contributed by atoms with Crippen molar-refractivity contribution in [3.05, 3.63) is 65.7 Å². The Morgan fingerprint density at radius 3 is 2.70 bits per heavy atom. The highest BCUT2D eigenvalue weighted by molar-refractivity contribution is 5.99. The van der Waals surface area contributed by atoms with Crippen LogP contribution in [-0.4, -0.2) is 38.1 Å². The third kappa shape index (κ3) is 5.66. The van der Waals surface area contributed by atoms with Gasteiger partial charge in [-0.05, 0) is 43.0 Å². The number of carbonyl (C=O) groups is 2. The molecule has 5 nitrogen and oxygen atoms in total. The summed E-state index contributed by atoms with van der Waals surface area (Å²) in [5.41, 5.74) is 2.65. The van der Waals surface area contributed by atoms with Crippen LogP contribution in [0.4, 0.5) is 5.69 Å². The summed E-state index contributed by atoms with van der Waals surface area (Å²) < 4.78 is 5.63. The standard InChI is InChI=1S/C22H26N2O3/c25-21-11-5-14-24(21)20-10-4-9-19(17-20)22(26)23-13-6-15-27-16-12-18-7-2-1-3-8-18/h1-4,7-10,17H,5-6,11-16H2,(H,23,26). The van der Waals surface area contributed by atoms with Gasteiger partial charge in [-0.3, -0.25) is 9.59 Å². The maximum absolute atomic E-state index is 12.3. The van der Waals surface area contributed by atoms with Gasteiger partial charge in [-0.25, -0.2) is 0 Å². The molecule has 3 rings (SSSR count). The van der Waals surface area contributed by atoms with E-state index in [0.717, 1.165) is 31.5 Å². The second kappa shape index (κ2) is 9.88. The molecule has 142 valence electrons. The van der Waals surface area contributed by atoms with Crippen LogP contribution < -0.4 is 10.2 Å². The van der Waals surface area contributed by atoms with Crippen LogP contribution in [0.3, 0.4) is 0 Å². The summed E-state index contributed by atoms with van der Waals surface area (Å²) >= 11 is 0. The van der Waals surface area contributed by atoms with Gasteiger partial charge in [-0.2, -0.15) is 0 Å². The lowest BCUT2D eigenvalue weighted by molar-refractivity contribution is -0.117. The van der Waals surface area contributed by atoms with E-state index in [1.54, 1.807) is 17.0 Å². The van der Waals surface area contributed by atoms with Crippen molar-refractivity contribution in [1.82, 2.24) is 5.32 Å². The van der Waals surface area contributed by atoms with Crippen LogP contribution in [0, 0.1) is 0 Å². The van der Waals surface area contributed by atoms with Crippen LogP contribution in [0.5, 0.6) is 0 Å². The minimum atomic E-state index is -0.118. The molecule has 2 aromatic carbocycles. The number of anilines is 1. The van der Waals surface area contributed by atoms with Gasteiger partial charge in [0.25, 0.3) is 5.91 Å². The van der Waals surface area contributed by atoms with Crippen molar-refractivity contribution >= 4 is 17.5 Å². The average molecular weight is 366 g/mol. The lowest BCUT2D eigenvalue weighted by Crippen LogP contribution is -2.27. The maximum atomic E-state index is 12.3. The molecular formula is C22H26N2O3. The Balaban J connectivity index is 1.35. The zero-order chi connectivity index (χ0) is 18.9. The lowest BCUT2D eigenvalue weighted by atomic mass is 10.1. The van der Waals surface area contributed by atoms with E-state index in [1.165, 1.54) is 5.56 Å². The minimum Gasteiger partial charge on any atom is -0.381 e. The number of benzene rings is 2. The van der Waals surface area contributed by atoms with Gasteiger partial charge in [-0.1, -0.05) is 36.4 Å². The summed E-state index contributed by atoms with van der Waals surface area (Å²) in [4.78, 5) is 25.9. The molecule has 1 aliphatic heterocycles. The molecule has 2 aromatic rings. The summed E-state index contributed by atoms with van der Waals surface area (Å²) in [5, 5.41) is 2.91. The van der Waals surface area contributed by atoms with E-state index in [0.29, 0.717) is 31.7 Å². The van der Waals surface area contributed by atoms with E-state index in [4.69, 9.17) is 4.74 Å². The van der Waals surface area contributed by atoms with E-state index in [9.17, 15) is 9.59 Å². The zero-order valence-electron chi connectivity index (χ0n) is 15.5. The maximum Gasteiger partial charge on any atom is 0.251 e. The summed E-state index contributed by atoms with van der Waals surface area (Å²) in [5.74, 6) is 0.00740. The number of amides is 2. The number of nitrogens with one attached hydrogen (secondary N) is 1. The average Bonchev–Trinajstić information content (AvgIpc) is 3.14. The lowest BCUT2D eigenvalue weighted by Gasteiger charge is -2.16. The zero-order valence-corrected chi connectivity index (χ0v) is 15.5. The SMILES string of the molecule is O=C(NCCCOCCc1ccccc1)c1cccc(N2CCCC2=O)c1. The molecule has 0 aliphatic carbocycles. The highest BCUT2D eigenvalue weighted by Gasteiger charge is 2.22. The van der Waals surface area contributed by atoms with Gasteiger partial charge in [0.2, 0.25) is 5.91 Å². The number of hydrogen-bond donors (Lipinski definition) is 1. The van der Waals surface area contributed by atoms with Crippen molar-refractivity contribution in [1.29, 1.82) is 0 Å². The van der Waals surface area contributed by atoms with Gasteiger partial charge in [0.1, 0.15) is 0 Å². The number of carbonyl (C=O) groups excluding carboxylic acids is 2. The first-order valence-corrected chi connectivity index (χ1v) is 9.54. The molecule has 1 fully saturated rings. The van der Waals surface area contributed by atoms with E-state index in [1.807, 2.05) is 30.3 Å². The molecule has 0 atom stereocenters. The van der Waals surface area contributed by atoms with Crippen LogP contribution in [0.1, 0.15) is 35.2 Å². The molecule has 0 aromatic heterocycles. The number of hydrogen-bond acceptors (Lipinski definition) is 3. The topological polar surface area (TPSA) is 58.6 Å². The molecule has 1 saturated heterocycles. The number of rotatable bonds is 9. The van der Waals surface area contributed by atoms with E-state index >= 15 is 0 Å². The fourth-order valence-corrected chi connectivity index (χ4v) is 3.15. The Morgan fingerprint density at radius 2 is 1.93 bits per heavy atom. The molecule has 1 aliphatic rings. The van der Waals surface area contributed by atoms with Gasteiger partial charge < -0.3 is 15.0 Å². The molecule has 2 amide bonds. The molecule has 1 N–H and O–H groups in total. The second-order valence-electron chi connectivity index (χ2n) is 6.66. The fourth-order valence-electron chi connectivity index (χ4n) is 3.15. The van der Waals surface area contributed by atoms with Crippen LogP contribution in [0.25, 0.3) is 0 Å². The largest absolute Gasteiger partial charge is 0.381 e. The Bertz CT molecular complexity index is 761. The molecule has 0 bridgehead atoms. The van der Waals surface area contributed by atoms with Gasteiger partial charge in [0, 0.05) is 37.4 Å². The molecular weight excluding hydrogens is 340 g/mol. The van der Waals surface area contributed by atoms with Crippen molar-refractivity contribution in [3.63, 3.8) is 0 Å². The van der Waals surface area contributed by atoms with E-state index in [2.05, 4.69) is 17.4 Å². The normalized spacial score (nSPS) is 13.8. The van der Waals surface area contributed by atoms with Crippen molar-refractivity contribution in [3.8, 4) is 0 Å². The summed E-state index contributed by atoms with van der Waals surface area (Å²) in [6.45, 7) is 2.60. The van der Waals surface area contributed by atoms with Gasteiger partial charge >= 0.3 is 0 Å². The quantitative estimate of drug-likeness (QED) is 0.694. The van der Waals surface area contributed by atoms with Gasteiger partial charge in [0.05, 0.1) is 6.61 Å². The summed E-state index contributed by atoms with van der Waals surface area (Å²) in [6, 6.07) is 17.5. The minimum absolute atomic E-state index is 0.118. The van der Waals surface area contributed by atoms with Crippen LogP contribution >= 0.6 is 0 Å². The Labute approximate surface area is 160 Å². The third-order valence-corrected chi connectivity index (χ3v) is 4.62. The number of ether oxygens (including phenoxy) is 1.